The highest BCUT2D eigenvalue weighted by atomic mass is 19.4. The van der Waals surface area contributed by atoms with Gasteiger partial charge in [0.1, 0.15) is 0 Å². The molecule has 0 fully saturated rings. The predicted octanol–water partition coefficient (Wildman–Crippen LogP) is 1.98. The first-order valence-corrected chi connectivity index (χ1v) is 4.70. The first kappa shape index (κ1) is 13.7. The largest absolute Gasteiger partial charge is 0.573 e. The average molecular weight is 253 g/mol. The third-order valence-electron chi connectivity index (χ3n) is 2.12. The van der Waals surface area contributed by atoms with E-state index in [2.05, 4.69) is 10.1 Å². The molecule has 0 aliphatic carbocycles. The topological polar surface area (TPSA) is 41.5 Å². The fourth-order valence-corrected chi connectivity index (χ4v) is 1.30. The molecule has 1 atom stereocenters. The van der Waals surface area contributed by atoms with E-state index in [4.69, 9.17) is 5.11 Å². The lowest BCUT2D eigenvalue weighted by Crippen LogP contribution is -2.21. The van der Waals surface area contributed by atoms with Gasteiger partial charge in [-0.3, -0.25) is 0 Å². The summed E-state index contributed by atoms with van der Waals surface area (Å²) < 4.78 is 52.4. The summed E-state index contributed by atoms with van der Waals surface area (Å²) in [7, 11) is 1.54. The number of ether oxygens (including phenoxy) is 1. The lowest BCUT2D eigenvalue weighted by atomic mass is 10.1. The van der Waals surface area contributed by atoms with E-state index >= 15 is 0 Å². The summed E-state index contributed by atoms with van der Waals surface area (Å²) in [6.07, 6.45) is -4.93. The van der Waals surface area contributed by atoms with Crippen molar-refractivity contribution in [3.63, 3.8) is 0 Å². The highest BCUT2D eigenvalue weighted by molar-refractivity contribution is 5.31. The van der Waals surface area contributed by atoms with Gasteiger partial charge in [-0.05, 0) is 24.7 Å². The van der Waals surface area contributed by atoms with Crippen molar-refractivity contribution in [2.24, 2.45) is 0 Å². The molecule has 1 aromatic rings. The Hall–Kier alpha value is -1.34. The minimum atomic E-state index is -4.93. The summed E-state index contributed by atoms with van der Waals surface area (Å²) in [5.74, 6) is -2.03. The minimum absolute atomic E-state index is 0.296. The third kappa shape index (κ3) is 3.86. The van der Waals surface area contributed by atoms with Gasteiger partial charge in [0.2, 0.25) is 0 Å². The lowest BCUT2D eigenvalue weighted by molar-refractivity contribution is -0.275. The Morgan fingerprint density at radius 3 is 2.47 bits per heavy atom. The van der Waals surface area contributed by atoms with Crippen LogP contribution < -0.4 is 10.1 Å². The van der Waals surface area contributed by atoms with Gasteiger partial charge in [-0.2, -0.15) is 0 Å². The number of hydrogen-bond donors (Lipinski definition) is 2. The average Bonchev–Trinajstić information content (AvgIpc) is 2.22. The van der Waals surface area contributed by atoms with Crippen molar-refractivity contribution in [3.8, 4) is 5.75 Å². The van der Waals surface area contributed by atoms with Crippen molar-refractivity contribution in [1.29, 1.82) is 0 Å². The van der Waals surface area contributed by atoms with Crippen LogP contribution in [0, 0.1) is 5.82 Å². The number of halogens is 4. The van der Waals surface area contributed by atoms with Crippen LogP contribution >= 0.6 is 0 Å². The van der Waals surface area contributed by atoms with Gasteiger partial charge in [-0.1, -0.05) is 6.07 Å². The molecule has 1 aromatic carbocycles. The molecule has 0 radical (unpaired) electrons. The predicted molar refractivity (Wildman–Crippen MR) is 52.0 cm³/mol. The van der Waals surface area contributed by atoms with E-state index in [0.29, 0.717) is 5.56 Å². The number of nitrogens with one attached hydrogen (secondary N) is 1. The van der Waals surface area contributed by atoms with Crippen LogP contribution in [0.5, 0.6) is 5.75 Å². The van der Waals surface area contributed by atoms with E-state index in [1.54, 1.807) is 7.05 Å². The number of hydrogen-bond acceptors (Lipinski definition) is 3. The Morgan fingerprint density at radius 1 is 1.41 bits per heavy atom. The fraction of sp³-hybridized carbons (Fsp3) is 0.400. The molecule has 3 nitrogen and oxygen atoms in total. The normalized spacial score (nSPS) is 13.5. The van der Waals surface area contributed by atoms with Crippen molar-refractivity contribution in [3.05, 3.63) is 29.6 Å². The fourth-order valence-electron chi connectivity index (χ4n) is 1.30. The first-order valence-electron chi connectivity index (χ1n) is 4.70. The van der Waals surface area contributed by atoms with Crippen LogP contribution in [0.15, 0.2) is 18.2 Å². The summed E-state index contributed by atoms with van der Waals surface area (Å²) in [5.41, 5.74) is 0.335. The van der Waals surface area contributed by atoms with Crippen molar-refractivity contribution in [2.75, 3.05) is 13.7 Å². The Kier molecular flexibility index (Phi) is 4.30. The van der Waals surface area contributed by atoms with Crippen molar-refractivity contribution >= 4 is 0 Å². The van der Waals surface area contributed by atoms with Gasteiger partial charge in [0, 0.05) is 0 Å². The standard InChI is InChI=1S/C10H11F4NO2/c1-15-8(5-16)6-2-3-9(7(11)4-6)17-10(12,13)14/h2-4,8,15-16H,5H2,1H3/t8-/m1/s1. The van der Waals surface area contributed by atoms with Crippen LogP contribution in [0.3, 0.4) is 0 Å². The molecule has 0 saturated heterocycles. The Labute approximate surface area is 95.0 Å². The van der Waals surface area contributed by atoms with Gasteiger partial charge in [0.05, 0.1) is 12.6 Å². The van der Waals surface area contributed by atoms with Gasteiger partial charge in [-0.25, -0.2) is 4.39 Å². The van der Waals surface area contributed by atoms with Gasteiger partial charge in [0.15, 0.2) is 11.6 Å². The number of aliphatic hydroxyl groups excluding tert-OH is 1. The highest BCUT2D eigenvalue weighted by Crippen LogP contribution is 2.27. The van der Waals surface area contributed by atoms with Crippen LogP contribution in [0.4, 0.5) is 17.6 Å². The number of benzene rings is 1. The van der Waals surface area contributed by atoms with Crippen molar-refractivity contribution in [1.82, 2.24) is 5.32 Å². The molecule has 0 bridgehead atoms. The molecular formula is C10H11F4NO2. The molecule has 1 rings (SSSR count). The SMILES string of the molecule is CN[C@H](CO)c1ccc(OC(F)(F)F)c(F)c1. The quantitative estimate of drug-likeness (QED) is 0.806. The summed E-state index contributed by atoms with van der Waals surface area (Å²) in [4.78, 5) is 0. The molecule has 0 aliphatic rings. The van der Waals surface area contributed by atoms with E-state index in [0.717, 1.165) is 12.1 Å². The molecule has 0 saturated carbocycles. The summed E-state index contributed by atoms with van der Waals surface area (Å²) in [5, 5.41) is 11.6. The minimum Gasteiger partial charge on any atom is -0.403 e. The summed E-state index contributed by atoms with van der Waals surface area (Å²) in [6, 6.07) is 2.47. The zero-order valence-electron chi connectivity index (χ0n) is 8.88. The first-order chi connectivity index (χ1) is 7.87. The molecule has 0 aliphatic heterocycles. The number of alkyl halides is 3. The molecular weight excluding hydrogens is 242 g/mol. The maximum Gasteiger partial charge on any atom is 0.573 e. The van der Waals surface area contributed by atoms with Gasteiger partial charge < -0.3 is 15.2 Å². The summed E-state index contributed by atoms with van der Waals surface area (Å²) >= 11 is 0. The summed E-state index contributed by atoms with van der Waals surface area (Å²) in [6.45, 7) is -0.296. The number of rotatable bonds is 4. The van der Waals surface area contributed by atoms with Gasteiger partial charge in [0.25, 0.3) is 0 Å². The Bertz CT molecular complexity index is 377. The maximum absolute atomic E-state index is 13.3. The third-order valence-corrected chi connectivity index (χ3v) is 2.12. The second kappa shape index (κ2) is 5.33. The monoisotopic (exact) mass is 253 g/mol. The highest BCUT2D eigenvalue weighted by Gasteiger charge is 2.32. The van der Waals surface area contributed by atoms with Gasteiger partial charge >= 0.3 is 6.36 Å². The number of likely N-dealkylation sites (N-methyl/N-ethyl adjacent to an activating group) is 1. The Morgan fingerprint density at radius 2 is 2.06 bits per heavy atom. The van der Waals surface area contributed by atoms with Crippen LogP contribution in [0.25, 0.3) is 0 Å². The zero-order chi connectivity index (χ0) is 13.1. The van der Waals surface area contributed by atoms with E-state index in [1.807, 2.05) is 0 Å². The molecule has 7 heteroatoms. The van der Waals surface area contributed by atoms with Crippen LogP contribution in [0.1, 0.15) is 11.6 Å². The second-order valence-electron chi connectivity index (χ2n) is 3.26. The van der Waals surface area contributed by atoms with Gasteiger partial charge in [-0.15, -0.1) is 13.2 Å². The smallest absolute Gasteiger partial charge is 0.403 e. The maximum atomic E-state index is 13.3. The molecule has 2 N–H and O–H groups in total. The van der Waals surface area contributed by atoms with Crippen molar-refractivity contribution < 1.29 is 27.4 Å². The van der Waals surface area contributed by atoms with E-state index in [-0.39, 0.29) is 6.61 Å². The van der Waals surface area contributed by atoms with Crippen LogP contribution in [-0.2, 0) is 0 Å². The lowest BCUT2D eigenvalue weighted by Gasteiger charge is -2.15. The number of aliphatic hydroxyl groups is 1. The molecule has 17 heavy (non-hydrogen) atoms. The van der Waals surface area contributed by atoms with Crippen LogP contribution in [-0.4, -0.2) is 25.1 Å². The molecule has 96 valence electrons. The van der Waals surface area contributed by atoms with E-state index in [9.17, 15) is 17.6 Å². The molecule has 0 amide bonds. The molecule has 0 aromatic heterocycles. The molecule has 0 heterocycles. The van der Waals surface area contributed by atoms with E-state index < -0.39 is 24.0 Å². The second-order valence-corrected chi connectivity index (χ2v) is 3.26. The molecule has 0 unspecified atom stereocenters. The Balaban J connectivity index is 2.93. The van der Waals surface area contributed by atoms with Crippen molar-refractivity contribution in [2.45, 2.75) is 12.4 Å². The zero-order valence-corrected chi connectivity index (χ0v) is 8.88. The molecule has 0 spiro atoms. The van der Waals surface area contributed by atoms with Crippen LogP contribution in [0.2, 0.25) is 0 Å². The van der Waals surface area contributed by atoms with E-state index in [1.165, 1.54) is 6.07 Å².